The van der Waals surface area contributed by atoms with Gasteiger partial charge in [-0.3, -0.25) is 0 Å². The van der Waals surface area contributed by atoms with Crippen LogP contribution in [-0.2, 0) is 9.53 Å². The summed E-state index contributed by atoms with van der Waals surface area (Å²) in [6.45, 7) is 0. The Morgan fingerprint density at radius 3 is 2.11 bits per heavy atom. The Morgan fingerprint density at radius 2 is 1.53 bits per heavy atom. The van der Waals surface area contributed by atoms with E-state index < -0.39 is 42.4 Å². The summed E-state index contributed by atoms with van der Waals surface area (Å²) in [5.41, 5.74) is 0.201. The van der Waals surface area contributed by atoms with Gasteiger partial charge in [0.2, 0.25) is 17.8 Å². The first-order valence-corrected chi connectivity index (χ1v) is 10.4. The van der Waals surface area contributed by atoms with Gasteiger partial charge in [0.25, 0.3) is 0 Å². The number of phenols is 3. The molecule has 13 nitrogen and oxygen atoms in total. The van der Waals surface area contributed by atoms with Crippen LogP contribution in [-0.4, -0.2) is 86.6 Å². The Morgan fingerprint density at radius 1 is 0.889 bits per heavy atom. The van der Waals surface area contributed by atoms with Crippen molar-refractivity contribution in [2.45, 2.75) is 30.7 Å². The number of phenolic OH excluding ortho intramolecular Hbond substituents is 3. The molecule has 0 saturated carbocycles. The highest BCUT2D eigenvalue weighted by Gasteiger charge is 2.48. The van der Waals surface area contributed by atoms with Crippen molar-refractivity contribution in [2.75, 3.05) is 14.2 Å². The minimum atomic E-state index is -1.93. The molecule has 0 spiro atoms. The van der Waals surface area contributed by atoms with Gasteiger partial charge in [-0.2, -0.15) is 0 Å². The van der Waals surface area contributed by atoms with Crippen molar-refractivity contribution in [3.05, 3.63) is 30.3 Å². The number of aliphatic carboxylic acids is 1. The SMILES string of the molecule is COc1cc(-c2[o+]c3cc(O)cc(O)c3cc2O[C@@H]2O[C@H](C(=O)O)[C@@H](O)[C@H](O)[C@H]2O)cc(OC)c1O. The number of hydrogen-bond donors (Lipinski definition) is 7. The minimum absolute atomic E-state index is 0.00448. The van der Waals surface area contributed by atoms with Crippen molar-refractivity contribution < 1.29 is 63.9 Å². The Labute approximate surface area is 202 Å². The molecule has 2 aromatic carbocycles. The third kappa shape index (κ3) is 4.35. The maximum Gasteiger partial charge on any atom is 0.402 e. The van der Waals surface area contributed by atoms with Crippen molar-refractivity contribution in [3.8, 4) is 45.8 Å². The first kappa shape index (κ1) is 25.1. The van der Waals surface area contributed by atoms with Gasteiger partial charge in [-0.05, 0) is 0 Å². The first-order valence-electron chi connectivity index (χ1n) is 10.4. The van der Waals surface area contributed by atoms with Crippen LogP contribution in [0.15, 0.2) is 34.7 Å². The maximum atomic E-state index is 11.5. The fourth-order valence-electron chi connectivity index (χ4n) is 3.77. The summed E-state index contributed by atoms with van der Waals surface area (Å²) in [6, 6.07) is 6.23. The number of fused-ring (bicyclic) bond motifs is 1. The molecule has 4 rings (SSSR count). The van der Waals surface area contributed by atoms with E-state index in [-0.39, 0.29) is 51.0 Å². The highest BCUT2D eigenvalue weighted by atomic mass is 16.7. The highest BCUT2D eigenvalue weighted by Crippen LogP contribution is 2.45. The lowest BCUT2D eigenvalue weighted by molar-refractivity contribution is -0.271. The Kier molecular flexibility index (Phi) is 6.65. The van der Waals surface area contributed by atoms with Crippen LogP contribution in [0.2, 0.25) is 0 Å². The molecule has 1 aromatic heterocycles. The summed E-state index contributed by atoms with van der Waals surface area (Å²) in [7, 11) is 2.60. The van der Waals surface area contributed by atoms with Crippen LogP contribution in [0.5, 0.6) is 34.5 Å². The molecule has 0 aliphatic carbocycles. The summed E-state index contributed by atoms with van der Waals surface area (Å²) >= 11 is 0. The third-order valence-corrected chi connectivity index (χ3v) is 5.61. The van der Waals surface area contributed by atoms with Gasteiger partial charge in [0.15, 0.2) is 17.6 Å². The molecular weight excluding hydrogens is 484 g/mol. The fourth-order valence-corrected chi connectivity index (χ4v) is 3.77. The number of rotatable bonds is 6. The van der Waals surface area contributed by atoms with Crippen LogP contribution < -0.4 is 14.2 Å². The van der Waals surface area contributed by atoms with Crippen LogP contribution in [0.3, 0.4) is 0 Å². The molecule has 1 saturated heterocycles. The molecule has 1 aliphatic heterocycles. The van der Waals surface area contributed by atoms with Crippen molar-refractivity contribution in [1.29, 1.82) is 0 Å². The highest BCUT2D eigenvalue weighted by molar-refractivity contribution is 5.88. The van der Waals surface area contributed by atoms with Crippen LogP contribution in [0.1, 0.15) is 0 Å². The van der Waals surface area contributed by atoms with Crippen LogP contribution in [0, 0.1) is 0 Å². The molecule has 5 atom stereocenters. The summed E-state index contributed by atoms with van der Waals surface area (Å²) in [6.07, 6.45) is -9.46. The van der Waals surface area contributed by atoms with Crippen LogP contribution >= 0.6 is 0 Å². The van der Waals surface area contributed by atoms with E-state index >= 15 is 0 Å². The van der Waals surface area contributed by atoms with E-state index in [1.807, 2.05) is 0 Å². The van der Waals surface area contributed by atoms with E-state index in [0.717, 1.165) is 6.07 Å². The van der Waals surface area contributed by atoms with Gasteiger partial charge in [0.1, 0.15) is 35.2 Å². The number of carboxylic acids is 1. The van der Waals surface area contributed by atoms with Crippen molar-refractivity contribution in [2.24, 2.45) is 0 Å². The van der Waals surface area contributed by atoms with Crippen molar-refractivity contribution in [3.63, 3.8) is 0 Å². The van der Waals surface area contributed by atoms with Gasteiger partial charge in [-0.15, -0.1) is 0 Å². The Bertz CT molecular complexity index is 1280. The second-order valence-corrected chi connectivity index (χ2v) is 7.90. The zero-order valence-corrected chi connectivity index (χ0v) is 18.9. The zero-order valence-electron chi connectivity index (χ0n) is 18.9. The first-order chi connectivity index (χ1) is 17.0. The molecule has 7 N–H and O–H groups in total. The number of benzene rings is 2. The third-order valence-electron chi connectivity index (χ3n) is 5.61. The van der Waals surface area contributed by atoms with Crippen LogP contribution in [0.4, 0.5) is 0 Å². The van der Waals surface area contributed by atoms with Gasteiger partial charge in [-0.1, -0.05) is 0 Å². The van der Waals surface area contributed by atoms with E-state index in [1.165, 1.54) is 38.5 Å². The molecule has 0 amide bonds. The van der Waals surface area contributed by atoms with E-state index in [1.54, 1.807) is 0 Å². The summed E-state index contributed by atoms with van der Waals surface area (Å²) in [5, 5.41) is 70.3. The summed E-state index contributed by atoms with van der Waals surface area (Å²) < 4.78 is 27.1. The number of aliphatic hydroxyl groups excluding tert-OH is 3. The monoisotopic (exact) mass is 507 g/mol. The Balaban J connectivity index is 1.89. The molecule has 13 heteroatoms. The lowest BCUT2D eigenvalue weighted by atomic mass is 9.99. The fraction of sp³-hybridized carbons (Fsp3) is 0.304. The van der Waals surface area contributed by atoms with Gasteiger partial charge in [-0.25, -0.2) is 9.21 Å². The second-order valence-electron chi connectivity index (χ2n) is 7.90. The van der Waals surface area contributed by atoms with Gasteiger partial charge >= 0.3 is 17.3 Å². The summed E-state index contributed by atoms with van der Waals surface area (Å²) in [5.74, 6) is -2.96. The molecule has 0 bridgehead atoms. The molecule has 36 heavy (non-hydrogen) atoms. The van der Waals surface area contributed by atoms with E-state index in [4.69, 9.17) is 23.4 Å². The molecule has 0 unspecified atom stereocenters. The molecule has 1 aliphatic rings. The number of carboxylic acid groups (broad SMARTS) is 1. The molecule has 3 aromatic rings. The quantitative estimate of drug-likeness (QED) is 0.231. The topological polar surface area (TPSA) is 207 Å². The lowest BCUT2D eigenvalue weighted by Crippen LogP contribution is -2.61. The zero-order chi connectivity index (χ0) is 26.3. The van der Waals surface area contributed by atoms with Gasteiger partial charge < -0.3 is 54.7 Å². The summed E-state index contributed by atoms with van der Waals surface area (Å²) in [4.78, 5) is 11.5. The number of ether oxygens (including phenoxy) is 4. The average molecular weight is 507 g/mol. The number of hydrogen-bond acceptors (Lipinski definition) is 11. The number of methoxy groups -OCH3 is 2. The number of aliphatic hydroxyl groups is 3. The Hall–Kier alpha value is -4.04. The molecular formula is C23H23O13+. The van der Waals surface area contributed by atoms with Gasteiger partial charge in [0.05, 0.1) is 25.8 Å². The predicted octanol–water partition coefficient (Wildman–Crippen LogP) is 0.786. The smallest absolute Gasteiger partial charge is 0.402 e. The second kappa shape index (κ2) is 9.54. The van der Waals surface area contributed by atoms with Gasteiger partial charge in [0, 0.05) is 24.3 Å². The maximum absolute atomic E-state index is 11.5. The van der Waals surface area contributed by atoms with E-state index in [9.17, 15) is 40.5 Å². The van der Waals surface area contributed by atoms with E-state index in [0.29, 0.717) is 0 Å². The lowest BCUT2D eigenvalue weighted by Gasteiger charge is -2.38. The van der Waals surface area contributed by atoms with Crippen LogP contribution in [0.25, 0.3) is 22.3 Å². The van der Waals surface area contributed by atoms with Crippen molar-refractivity contribution >= 4 is 16.9 Å². The average Bonchev–Trinajstić information content (AvgIpc) is 2.84. The number of aromatic hydroxyl groups is 3. The molecule has 1 fully saturated rings. The largest absolute Gasteiger partial charge is 0.507 e. The number of carbonyl (C=O) groups is 1. The molecule has 0 radical (unpaired) electrons. The standard InChI is InChI=1S/C23H22O13/c1-32-13-3-8(4-14(33-2)16(13)26)20-15(7-10-11(25)5-9(24)6-12(10)34-20)35-23-19(29)17(27)18(28)21(36-23)22(30)31/h3-7,17-19,21,23,27-29H,1-2H3,(H3-,24,25,26,30,31)/p+1/t17-,18-,19+,21-,23+/m0/s1. The molecule has 2 heterocycles. The van der Waals surface area contributed by atoms with E-state index in [2.05, 4.69) is 0 Å². The normalized spacial score (nSPS) is 23.9. The minimum Gasteiger partial charge on any atom is -0.507 e. The predicted molar refractivity (Wildman–Crippen MR) is 119 cm³/mol. The van der Waals surface area contributed by atoms with Crippen molar-refractivity contribution in [1.82, 2.24) is 0 Å². The molecule has 192 valence electrons.